The van der Waals surface area contributed by atoms with Crippen LogP contribution in [0.5, 0.6) is 0 Å². The summed E-state index contributed by atoms with van der Waals surface area (Å²) < 4.78 is 0. The average molecular weight is 218 g/mol. The van der Waals surface area contributed by atoms with Crippen LogP contribution in [0.2, 0.25) is 0 Å². The van der Waals surface area contributed by atoms with Gasteiger partial charge in [0.25, 0.3) is 0 Å². The van der Waals surface area contributed by atoms with Crippen LogP contribution in [0, 0.1) is 5.41 Å². The lowest BCUT2D eigenvalue weighted by molar-refractivity contribution is 0.368. The summed E-state index contributed by atoms with van der Waals surface area (Å²) in [4.78, 5) is 0. The highest BCUT2D eigenvalue weighted by Gasteiger charge is 2.24. The summed E-state index contributed by atoms with van der Waals surface area (Å²) in [6.07, 6.45) is 25.3. The summed E-state index contributed by atoms with van der Waals surface area (Å²) in [5.41, 5.74) is 0.458. The van der Waals surface area contributed by atoms with Crippen LogP contribution < -0.4 is 0 Å². The number of hydrogen-bond donors (Lipinski definition) is 0. The van der Waals surface area contributed by atoms with Crippen molar-refractivity contribution in [1.82, 2.24) is 0 Å². The van der Waals surface area contributed by atoms with Gasteiger partial charge in [0.05, 0.1) is 0 Å². The molecular formula is C16H26. The third-order valence-electron chi connectivity index (χ3n) is 4.25. The second-order valence-corrected chi connectivity index (χ2v) is 5.63. The van der Waals surface area contributed by atoms with Gasteiger partial charge in [-0.15, -0.1) is 0 Å². The third kappa shape index (κ3) is 3.50. The summed E-state index contributed by atoms with van der Waals surface area (Å²) in [5, 5.41) is 0. The second kappa shape index (κ2) is 6.27. The van der Waals surface area contributed by atoms with Gasteiger partial charge in [-0.05, 0) is 12.8 Å². The predicted molar refractivity (Wildman–Crippen MR) is 71.5 cm³/mol. The molecule has 1 saturated carbocycles. The van der Waals surface area contributed by atoms with Gasteiger partial charge in [-0.3, -0.25) is 0 Å². The molecule has 2 aliphatic rings. The van der Waals surface area contributed by atoms with E-state index in [0.29, 0.717) is 5.41 Å². The summed E-state index contributed by atoms with van der Waals surface area (Å²) in [5.74, 6) is 0. The van der Waals surface area contributed by atoms with Crippen molar-refractivity contribution in [3.8, 4) is 0 Å². The molecule has 0 heterocycles. The first-order valence-electron chi connectivity index (χ1n) is 7.28. The summed E-state index contributed by atoms with van der Waals surface area (Å²) in [6.45, 7) is 0. The first-order chi connectivity index (χ1) is 7.91. The molecule has 2 rings (SSSR count). The van der Waals surface area contributed by atoms with Gasteiger partial charge in [-0.2, -0.15) is 0 Å². The van der Waals surface area contributed by atoms with Crippen LogP contribution in [0.4, 0.5) is 0 Å². The molecule has 2 aliphatic carbocycles. The van der Waals surface area contributed by atoms with Crippen LogP contribution in [-0.2, 0) is 0 Å². The molecule has 0 atom stereocenters. The maximum atomic E-state index is 2.46. The average Bonchev–Trinajstić information content (AvgIpc) is 2.73. The Morgan fingerprint density at radius 3 is 1.31 bits per heavy atom. The standard InChI is InChI=1S/C16H26/c1-2-4-6-8-12-16(14-10-11-15-16)13-9-7-5-3-1/h10-11,14-15H,1-9,12-13H2. The van der Waals surface area contributed by atoms with E-state index >= 15 is 0 Å². The van der Waals surface area contributed by atoms with Gasteiger partial charge >= 0.3 is 0 Å². The van der Waals surface area contributed by atoms with E-state index in [1.54, 1.807) is 0 Å². The molecule has 0 aliphatic heterocycles. The Bertz CT molecular complexity index is 221. The first-order valence-corrected chi connectivity index (χ1v) is 7.28. The van der Waals surface area contributed by atoms with Gasteiger partial charge in [0, 0.05) is 5.41 Å². The lowest BCUT2D eigenvalue weighted by Crippen LogP contribution is -2.13. The van der Waals surface area contributed by atoms with E-state index in [1.165, 1.54) is 70.6 Å². The fourth-order valence-electron chi connectivity index (χ4n) is 3.15. The molecule has 0 nitrogen and oxygen atoms in total. The van der Waals surface area contributed by atoms with Crippen molar-refractivity contribution >= 4 is 0 Å². The summed E-state index contributed by atoms with van der Waals surface area (Å²) in [6, 6.07) is 0. The molecule has 0 saturated heterocycles. The second-order valence-electron chi connectivity index (χ2n) is 5.63. The molecule has 0 radical (unpaired) electrons. The largest absolute Gasteiger partial charge is 0.0745 e. The van der Waals surface area contributed by atoms with Crippen LogP contribution in [0.3, 0.4) is 0 Å². The highest BCUT2D eigenvalue weighted by Crippen LogP contribution is 2.38. The molecule has 1 spiro atoms. The van der Waals surface area contributed by atoms with Crippen LogP contribution >= 0.6 is 0 Å². The summed E-state index contributed by atoms with van der Waals surface area (Å²) >= 11 is 0. The van der Waals surface area contributed by atoms with E-state index in [0.717, 1.165) is 0 Å². The number of rotatable bonds is 0. The van der Waals surface area contributed by atoms with Crippen LogP contribution in [0.1, 0.15) is 70.6 Å². The van der Waals surface area contributed by atoms with E-state index in [9.17, 15) is 0 Å². The predicted octanol–water partition coefficient (Wildman–Crippen LogP) is 5.40. The normalized spacial score (nSPS) is 26.5. The van der Waals surface area contributed by atoms with E-state index in [1.807, 2.05) is 0 Å². The third-order valence-corrected chi connectivity index (χ3v) is 4.25. The van der Waals surface area contributed by atoms with Gasteiger partial charge in [-0.1, -0.05) is 82.1 Å². The number of hydrogen-bond acceptors (Lipinski definition) is 0. The first kappa shape index (κ1) is 12.0. The van der Waals surface area contributed by atoms with Crippen molar-refractivity contribution in [2.24, 2.45) is 5.41 Å². The summed E-state index contributed by atoms with van der Waals surface area (Å²) in [7, 11) is 0. The SMILES string of the molecule is C1=CC2(C=C1)CCCCCCCCCCC2. The van der Waals surface area contributed by atoms with Gasteiger partial charge < -0.3 is 0 Å². The molecule has 0 aromatic heterocycles. The van der Waals surface area contributed by atoms with E-state index in [-0.39, 0.29) is 0 Å². The van der Waals surface area contributed by atoms with Crippen LogP contribution in [0.25, 0.3) is 0 Å². The zero-order chi connectivity index (χ0) is 11.1. The fraction of sp³-hybridized carbons (Fsp3) is 0.750. The molecule has 0 aromatic carbocycles. The van der Waals surface area contributed by atoms with Gasteiger partial charge in [0.15, 0.2) is 0 Å². The monoisotopic (exact) mass is 218 g/mol. The van der Waals surface area contributed by atoms with Crippen LogP contribution in [0.15, 0.2) is 24.3 Å². The van der Waals surface area contributed by atoms with E-state index in [2.05, 4.69) is 24.3 Å². The minimum atomic E-state index is 0.458. The van der Waals surface area contributed by atoms with Crippen molar-refractivity contribution in [2.45, 2.75) is 70.6 Å². The van der Waals surface area contributed by atoms with Gasteiger partial charge in [0.2, 0.25) is 0 Å². The Morgan fingerprint density at radius 2 is 0.875 bits per heavy atom. The Labute approximate surface area is 101 Å². The minimum Gasteiger partial charge on any atom is -0.0745 e. The molecular weight excluding hydrogens is 192 g/mol. The molecule has 0 N–H and O–H groups in total. The molecule has 0 unspecified atom stereocenters. The Kier molecular flexibility index (Phi) is 4.69. The topological polar surface area (TPSA) is 0 Å². The maximum Gasteiger partial charge on any atom is 0.00671 e. The van der Waals surface area contributed by atoms with Gasteiger partial charge in [0.1, 0.15) is 0 Å². The lowest BCUT2D eigenvalue weighted by Gasteiger charge is -2.26. The van der Waals surface area contributed by atoms with Crippen molar-refractivity contribution < 1.29 is 0 Å². The van der Waals surface area contributed by atoms with Gasteiger partial charge in [-0.25, -0.2) is 0 Å². The zero-order valence-electron chi connectivity index (χ0n) is 10.6. The molecule has 16 heavy (non-hydrogen) atoms. The quantitative estimate of drug-likeness (QED) is 0.510. The Hall–Kier alpha value is -0.520. The molecule has 0 amide bonds. The molecule has 0 heteroatoms. The molecule has 1 fully saturated rings. The van der Waals surface area contributed by atoms with Crippen molar-refractivity contribution in [2.75, 3.05) is 0 Å². The lowest BCUT2D eigenvalue weighted by atomic mass is 9.79. The van der Waals surface area contributed by atoms with Crippen LogP contribution in [-0.4, -0.2) is 0 Å². The van der Waals surface area contributed by atoms with Crippen molar-refractivity contribution in [3.05, 3.63) is 24.3 Å². The van der Waals surface area contributed by atoms with Crippen molar-refractivity contribution in [3.63, 3.8) is 0 Å². The highest BCUT2D eigenvalue weighted by atomic mass is 14.3. The smallest absolute Gasteiger partial charge is 0.00671 e. The molecule has 0 aromatic rings. The molecule has 0 bridgehead atoms. The Balaban J connectivity index is 1.86. The number of allylic oxidation sites excluding steroid dienone is 4. The van der Waals surface area contributed by atoms with E-state index in [4.69, 9.17) is 0 Å². The van der Waals surface area contributed by atoms with Crippen molar-refractivity contribution in [1.29, 1.82) is 0 Å². The zero-order valence-corrected chi connectivity index (χ0v) is 10.6. The maximum absolute atomic E-state index is 2.46. The fourth-order valence-corrected chi connectivity index (χ4v) is 3.15. The highest BCUT2D eigenvalue weighted by molar-refractivity contribution is 5.24. The van der Waals surface area contributed by atoms with E-state index < -0.39 is 0 Å². The minimum absolute atomic E-state index is 0.458. The molecule has 90 valence electrons. The Morgan fingerprint density at radius 1 is 0.500 bits per heavy atom.